The van der Waals surface area contributed by atoms with Crippen LogP contribution in [-0.2, 0) is 0 Å². The van der Waals surface area contributed by atoms with E-state index in [0.29, 0.717) is 0 Å². The van der Waals surface area contributed by atoms with Crippen molar-refractivity contribution in [3.63, 3.8) is 0 Å². The van der Waals surface area contributed by atoms with Gasteiger partial charge in [0.2, 0.25) is 0 Å². The van der Waals surface area contributed by atoms with E-state index in [4.69, 9.17) is 4.98 Å². The van der Waals surface area contributed by atoms with Crippen molar-refractivity contribution in [2.45, 2.75) is 51.5 Å². The highest BCUT2D eigenvalue weighted by atomic mass is 15.3. The van der Waals surface area contributed by atoms with Gasteiger partial charge < -0.3 is 10.6 Å². The molecular weight excluding hydrogens is 310 g/mol. The summed E-state index contributed by atoms with van der Waals surface area (Å²) in [4.78, 5) is 4.78. The number of hydrogen-bond acceptors (Lipinski definition) is 4. The van der Waals surface area contributed by atoms with E-state index in [0.717, 1.165) is 53.6 Å². The van der Waals surface area contributed by atoms with Crippen molar-refractivity contribution in [3.8, 4) is 0 Å². The van der Waals surface area contributed by atoms with Crippen LogP contribution in [0.25, 0.3) is 16.6 Å². The summed E-state index contributed by atoms with van der Waals surface area (Å²) in [7, 11) is 0. The van der Waals surface area contributed by atoms with E-state index in [1.54, 1.807) is 0 Å². The third-order valence-corrected chi connectivity index (χ3v) is 5.11. The van der Waals surface area contributed by atoms with Crippen molar-refractivity contribution in [2.24, 2.45) is 0 Å². The SMILES string of the molecule is Cc1cc2nc(NCCCNC3CCCCC3)c3ccccc3n2n1. The lowest BCUT2D eigenvalue weighted by Crippen LogP contribution is -2.32. The van der Waals surface area contributed by atoms with Crippen molar-refractivity contribution in [1.82, 2.24) is 19.9 Å². The van der Waals surface area contributed by atoms with Crippen molar-refractivity contribution < 1.29 is 0 Å². The Kier molecular flexibility index (Phi) is 4.83. The number of rotatable bonds is 6. The van der Waals surface area contributed by atoms with Gasteiger partial charge in [0, 0.05) is 24.0 Å². The van der Waals surface area contributed by atoms with Gasteiger partial charge in [-0.3, -0.25) is 0 Å². The Hall–Kier alpha value is -2.14. The number of nitrogens with zero attached hydrogens (tertiary/aromatic N) is 3. The zero-order chi connectivity index (χ0) is 17.1. The number of fused-ring (bicyclic) bond motifs is 3. The molecule has 0 bridgehead atoms. The minimum atomic E-state index is 0.735. The Labute approximate surface area is 148 Å². The molecule has 1 aliphatic rings. The molecule has 0 spiro atoms. The Balaban J connectivity index is 1.41. The Morgan fingerprint density at radius 2 is 1.96 bits per heavy atom. The average molecular weight is 337 g/mol. The topological polar surface area (TPSA) is 54.2 Å². The Morgan fingerprint density at radius 1 is 1.12 bits per heavy atom. The number of benzene rings is 1. The van der Waals surface area contributed by atoms with E-state index < -0.39 is 0 Å². The lowest BCUT2D eigenvalue weighted by Gasteiger charge is -2.22. The van der Waals surface area contributed by atoms with Gasteiger partial charge in [0.25, 0.3) is 0 Å². The second-order valence-electron chi connectivity index (χ2n) is 7.10. The van der Waals surface area contributed by atoms with Crippen LogP contribution >= 0.6 is 0 Å². The quantitative estimate of drug-likeness (QED) is 0.670. The number of anilines is 1. The lowest BCUT2D eigenvalue weighted by atomic mass is 9.95. The highest BCUT2D eigenvalue weighted by Gasteiger charge is 2.12. The van der Waals surface area contributed by atoms with E-state index in [2.05, 4.69) is 40.0 Å². The van der Waals surface area contributed by atoms with Crippen LogP contribution in [0.2, 0.25) is 0 Å². The van der Waals surface area contributed by atoms with Gasteiger partial charge in [0.1, 0.15) is 5.82 Å². The van der Waals surface area contributed by atoms with Crippen molar-refractivity contribution in [3.05, 3.63) is 36.0 Å². The smallest absolute Gasteiger partial charge is 0.158 e. The molecule has 1 aromatic carbocycles. The second-order valence-corrected chi connectivity index (χ2v) is 7.10. The highest BCUT2D eigenvalue weighted by molar-refractivity contribution is 5.91. The molecule has 0 aliphatic heterocycles. The third kappa shape index (κ3) is 3.61. The van der Waals surface area contributed by atoms with Gasteiger partial charge in [0.15, 0.2) is 5.65 Å². The summed E-state index contributed by atoms with van der Waals surface area (Å²) in [5.74, 6) is 0.959. The van der Waals surface area contributed by atoms with Gasteiger partial charge in [-0.15, -0.1) is 0 Å². The molecule has 0 atom stereocenters. The first kappa shape index (κ1) is 16.3. The number of aromatic nitrogens is 3. The summed E-state index contributed by atoms with van der Waals surface area (Å²) in [5.41, 5.74) is 2.99. The molecule has 132 valence electrons. The Morgan fingerprint density at radius 3 is 2.84 bits per heavy atom. The fourth-order valence-electron chi connectivity index (χ4n) is 3.82. The molecule has 0 saturated heterocycles. The van der Waals surface area contributed by atoms with E-state index >= 15 is 0 Å². The molecule has 0 amide bonds. The molecule has 1 aliphatic carbocycles. The van der Waals surface area contributed by atoms with Gasteiger partial charge >= 0.3 is 0 Å². The number of hydrogen-bond donors (Lipinski definition) is 2. The van der Waals surface area contributed by atoms with Gasteiger partial charge in [-0.2, -0.15) is 5.10 Å². The predicted molar refractivity (Wildman–Crippen MR) is 103 cm³/mol. The van der Waals surface area contributed by atoms with Crippen LogP contribution in [0.5, 0.6) is 0 Å². The number of nitrogens with one attached hydrogen (secondary N) is 2. The molecule has 5 nitrogen and oxygen atoms in total. The van der Waals surface area contributed by atoms with Crippen LogP contribution in [0.3, 0.4) is 0 Å². The minimum absolute atomic E-state index is 0.735. The summed E-state index contributed by atoms with van der Waals surface area (Å²) in [5, 5.41) is 12.9. The van der Waals surface area contributed by atoms with Crippen LogP contribution in [0.1, 0.15) is 44.2 Å². The molecule has 1 fully saturated rings. The maximum Gasteiger partial charge on any atom is 0.158 e. The molecule has 25 heavy (non-hydrogen) atoms. The van der Waals surface area contributed by atoms with Gasteiger partial charge in [0.05, 0.1) is 11.2 Å². The first-order valence-electron chi connectivity index (χ1n) is 9.54. The summed E-state index contributed by atoms with van der Waals surface area (Å²) >= 11 is 0. The van der Waals surface area contributed by atoms with E-state index in [-0.39, 0.29) is 0 Å². The molecule has 2 aromatic heterocycles. The van der Waals surface area contributed by atoms with Crippen LogP contribution in [0, 0.1) is 6.92 Å². The van der Waals surface area contributed by atoms with Crippen LogP contribution in [0.15, 0.2) is 30.3 Å². The Bertz CT molecular complexity index is 848. The molecule has 1 saturated carbocycles. The summed E-state index contributed by atoms with van der Waals surface area (Å²) in [6.07, 6.45) is 7.98. The van der Waals surface area contributed by atoms with Crippen LogP contribution in [0.4, 0.5) is 5.82 Å². The lowest BCUT2D eigenvalue weighted by molar-refractivity contribution is 0.373. The van der Waals surface area contributed by atoms with E-state index in [1.165, 1.54) is 32.1 Å². The molecule has 0 radical (unpaired) electrons. The highest BCUT2D eigenvalue weighted by Crippen LogP contribution is 2.23. The monoisotopic (exact) mass is 337 g/mol. The first-order chi connectivity index (χ1) is 12.3. The van der Waals surface area contributed by atoms with Gasteiger partial charge in [-0.05, 0) is 44.9 Å². The van der Waals surface area contributed by atoms with Crippen LogP contribution in [-0.4, -0.2) is 33.7 Å². The van der Waals surface area contributed by atoms with Crippen molar-refractivity contribution in [2.75, 3.05) is 18.4 Å². The predicted octanol–water partition coefficient (Wildman–Crippen LogP) is 3.92. The van der Waals surface area contributed by atoms with E-state index in [1.807, 2.05) is 17.5 Å². The van der Waals surface area contributed by atoms with Gasteiger partial charge in [-0.1, -0.05) is 31.4 Å². The first-order valence-corrected chi connectivity index (χ1v) is 9.54. The summed E-state index contributed by atoms with van der Waals surface area (Å²) in [6, 6.07) is 11.1. The fraction of sp³-hybridized carbons (Fsp3) is 0.500. The largest absolute Gasteiger partial charge is 0.369 e. The fourth-order valence-corrected chi connectivity index (χ4v) is 3.82. The molecule has 0 unspecified atom stereocenters. The number of para-hydroxylation sites is 1. The number of aryl methyl sites for hydroxylation is 1. The zero-order valence-electron chi connectivity index (χ0n) is 15.0. The maximum absolute atomic E-state index is 4.78. The maximum atomic E-state index is 4.78. The molecule has 5 heteroatoms. The second kappa shape index (κ2) is 7.40. The minimum Gasteiger partial charge on any atom is -0.369 e. The standard InChI is InChI=1S/C20H27N5/c1-15-14-19-23-20(17-10-5-6-11-18(17)25(19)24-15)22-13-7-12-21-16-8-3-2-4-9-16/h5-6,10-11,14,16,21H,2-4,7-9,12-13H2,1H3,(H,22,23). The molecule has 3 aromatic rings. The van der Waals surface area contributed by atoms with Gasteiger partial charge in [-0.25, -0.2) is 9.50 Å². The van der Waals surface area contributed by atoms with Crippen LogP contribution < -0.4 is 10.6 Å². The molecular formula is C20H27N5. The molecule has 2 N–H and O–H groups in total. The average Bonchev–Trinajstić information content (AvgIpc) is 3.03. The van der Waals surface area contributed by atoms with Crippen molar-refractivity contribution >= 4 is 22.4 Å². The molecule has 2 heterocycles. The van der Waals surface area contributed by atoms with E-state index in [9.17, 15) is 0 Å². The normalized spacial score (nSPS) is 15.9. The molecule has 4 rings (SSSR count). The summed E-state index contributed by atoms with van der Waals surface area (Å²) < 4.78 is 1.93. The summed E-state index contributed by atoms with van der Waals surface area (Å²) in [6.45, 7) is 4.01. The zero-order valence-corrected chi connectivity index (χ0v) is 15.0. The third-order valence-electron chi connectivity index (χ3n) is 5.11. The van der Waals surface area contributed by atoms with Crippen molar-refractivity contribution in [1.29, 1.82) is 0 Å².